The Morgan fingerprint density at radius 1 is 1.35 bits per heavy atom. The molecule has 1 aromatic heterocycles. The van der Waals surface area contributed by atoms with Crippen LogP contribution >= 0.6 is 22.9 Å². The van der Waals surface area contributed by atoms with Crippen LogP contribution in [0.25, 0.3) is 0 Å². The zero-order valence-corrected chi connectivity index (χ0v) is 12.7. The standard InChI is InChI=1S/C13H11ClN2O2S2/c14-12-7-11(8-15)1-2-13(12)20(17,18)16-5-3-10-4-6-19-9-10/h1-2,4,6-7,9,16H,3,5H2. The fourth-order valence-corrected chi connectivity index (χ4v) is 3.91. The fourth-order valence-electron chi connectivity index (χ4n) is 1.63. The van der Waals surface area contributed by atoms with Gasteiger partial charge in [-0.05, 0) is 47.0 Å². The van der Waals surface area contributed by atoms with Gasteiger partial charge in [0, 0.05) is 6.54 Å². The number of benzene rings is 1. The predicted octanol–water partition coefficient (Wildman–Crippen LogP) is 2.79. The summed E-state index contributed by atoms with van der Waals surface area (Å²) in [5.74, 6) is 0. The monoisotopic (exact) mass is 326 g/mol. The van der Waals surface area contributed by atoms with Crippen molar-refractivity contribution in [3.05, 3.63) is 51.2 Å². The highest BCUT2D eigenvalue weighted by atomic mass is 35.5. The van der Waals surface area contributed by atoms with Gasteiger partial charge in [0.1, 0.15) is 4.90 Å². The SMILES string of the molecule is N#Cc1ccc(S(=O)(=O)NCCc2ccsc2)c(Cl)c1. The van der Waals surface area contributed by atoms with E-state index in [2.05, 4.69) is 4.72 Å². The number of nitrogens with zero attached hydrogens (tertiary/aromatic N) is 1. The second-order valence-corrected chi connectivity index (χ2v) is 6.96. The zero-order chi connectivity index (χ0) is 14.6. The van der Waals surface area contributed by atoms with Crippen molar-refractivity contribution >= 4 is 33.0 Å². The van der Waals surface area contributed by atoms with Gasteiger partial charge in [0.05, 0.1) is 16.7 Å². The molecule has 104 valence electrons. The second-order valence-electron chi connectivity index (χ2n) is 4.04. The Morgan fingerprint density at radius 2 is 2.15 bits per heavy atom. The maximum atomic E-state index is 12.1. The van der Waals surface area contributed by atoms with Crippen LogP contribution in [0.2, 0.25) is 5.02 Å². The first-order valence-electron chi connectivity index (χ1n) is 5.73. The highest BCUT2D eigenvalue weighted by Crippen LogP contribution is 2.22. The molecule has 1 aromatic carbocycles. The van der Waals surface area contributed by atoms with E-state index in [1.54, 1.807) is 11.3 Å². The molecular formula is C13H11ClN2O2S2. The first kappa shape index (κ1) is 15.0. The molecule has 0 saturated heterocycles. The molecule has 0 aliphatic rings. The molecule has 1 heterocycles. The van der Waals surface area contributed by atoms with Gasteiger partial charge in [0.2, 0.25) is 10.0 Å². The molecule has 1 N–H and O–H groups in total. The Hall–Kier alpha value is -1.39. The Balaban J connectivity index is 2.08. The average molecular weight is 327 g/mol. The smallest absolute Gasteiger partial charge is 0.211 e. The number of halogens is 1. The number of hydrogen-bond acceptors (Lipinski definition) is 4. The lowest BCUT2D eigenvalue weighted by Gasteiger charge is -2.08. The van der Waals surface area contributed by atoms with Crippen molar-refractivity contribution in [2.24, 2.45) is 0 Å². The molecule has 2 rings (SSSR count). The first-order valence-corrected chi connectivity index (χ1v) is 8.54. The van der Waals surface area contributed by atoms with E-state index in [4.69, 9.17) is 16.9 Å². The summed E-state index contributed by atoms with van der Waals surface area (Å²) in [6.07, 6.45) is 0.622. The summed E-state index contributed by atoms with van der Waals surface area (Å²) in [5, 5.41) is 12.7. The van der Waals surface area contributed by atoms with Crippen molar-refractivity contribution in [2.75, 3.05) is 6.54 Å². The molecule has 4 nitrogen and oxygen atoms in total. The highest BCUT2D eigenvalue weighted by Gasteiger charge is 2.17. The van der Waals surface area contributed by atoms with Crippen LogP contribution in [-0.2, 0) is 16.4 Å². The summed E-state index contributed by atoms with van der Waals surface area (Å²) < 4.78 is 26.7. The van der Waals surface area contributed by atoms with Gasteiger partial charge in [-0.1, -0.05) is 11.6 Å². The van der Waals surface area contributed by atoms with Gasteiger partial charge in [0.25, 0.3) is 0 Å². The van der Waals surface area contributed by atoms with Crippen LogP contribution in [0, 0.1) is 11.3 Å². The van der Waals surface area contributed by atoms with Crippen LogP contribution in [0.3, 0.4) is 0 Å². The quantitative estimate of drug-likeness (QED) is 0.918. The van der Waals surface area contributed by atoms with E-state index in [0.29, 0.717) is 18.5 Å². The number of rotatable bonds is 5. The van der Waals surface area contributed by atoms with Gasteiger partial charge < -0.3 is 0 Å². The molecule has 0 saturated carbocycles. The van der Waals surface area contributed by atoms with E-state index in [9.17, 15) is 8.42 Å². The molecule has 20 heavy (non-hydrogen) atoms. The minimum atomic E-state index is -3.66. The molecule has 0 fully saturated rings. The van der Waals surface area contributed by atoms with Gasteiger partial charge in [-0.3, -0.25) is 0 Å². The molecular weight excluding hydrogens is 316 g/mol. The molecule has 0 aliphatic carbocycles. The van der Waals surface area contributed by atoms with E-state index < -0.39 is 10.0 Å². The predicted molar refractivity (Wildman–Crippen MR) is 79.4 cm³/mol. The first-order chi connectivity index (χ1) is 9.53. The third-order valence-electron chi connectivity index (χ3n) is 2.64. The Kier molecular flexibility index (Phi) is 4.78. The lowest BCUT2D eigenvalue weighted by Crippen LogP contribution is -2.26. The van der Waals surface area contributed by atoms with Gasteiger partial charge >= 0.3 is 0 Å². The van der Waals surface area contributed by atoms with Crippen LogP contribution in [0.5, 0.6) is 0 Å². The normalized spacial score (nSPS) is 11.2. The lowest BCUT2D eigenvalue weighted by molar-refractivity contribution is 0.582. The van der Waals surface area contributed by atoms with E-state index >= 15 is 0 Å². The summed E-state index contributed by atoms with van der Waals surface area (Å²) in [6, 6.07) is 7.97. The molecule has 0 amide bonds. The lowest BCUT2D eigenvalue weighted by atomic mass is 10.2. The van der Waals surface area contributed by atoms with Crippen LogP contribution < -0.4 is 4.72 Å². The Morgan fingerprint density at radius 3 is 2.75 bits per heavy atom. The summed E-state index contributed by atoms with van der Waals surface area (Å²) in [5.41, 5.74) is 1.41. The molecule has 0 bridgehead atoms. The third-order valence-corrected chi connectivity index (χ3v) is 5.31. The second kappa shape index (κ2) is 6.37. The summed E-state index contributed by atoms with van der Waals surface area (Å²) in [6.45, 7) is 0.301. The van der Waals surface area contributed by atoms with E-state index in [-0.39, 0.29) is 9.92 Å². The summed E-state index contributed by atoms with van der Waals surface area (Å²) in [7, 11) is -3.66. The van der Waals surface area contributed by atoms with Crippen molar-refractivity contribution in [3.63, 3.8) is 0 Å². The van der Waals surface area contributed by atoms with Gasteiger partial charge in [-0.2, -0.15) is 16.6 Å². The average Bonchev–Trinajstić information content (AvgIpc) is 2.91. The van der Waals surface area contributed by atoms with Crippen molar-refractivity contribution in [1.82, 2.24) is 4.72 Å². The maximum absolute atomic E-state index is 12.1. The van der Waals surface area contributed by atoms with Crippen molar-refractivity contribution in [3.8, 4) is 6.07 Å². The van der Waals surface area contributed by atoms with Crippen molar-refractivity contribution in [2.45, 2.75) is 11.3 Å². The molecule has 0 spiro atoms. The van der Waals surface area contributed by atoms with Gasteiger partial charge in [-0.15, -0.1) is 0 Å². The number of thiophene rings is 1. The zero-order valence-electron chi connectivity index (χ0n) is 10.3. The number of nitrogens with one attached hydrogen (secondary N) is 1. The van der Waals surface area contributed by atoms with Gasteiger partial charge in [-0.25, -0.2) is 13.1 Å². The topological polar surface area (TPSA) is 70.0 Å². The van der Waals surface area contributed by atoms with E-state index in [1.165, 1.54) is 18.2 Å². The minimum Gasteiger partial charge on any atom is -0.211 e. The van der Waals surface area contributed by atoms with Crippen LogP contribution in [0.15, 0.2) is 39.9 Å². The molecule has 0 radical (unpaired) electrons. The number of hydrogen-bond donors (Lipinski definition) is 1. The summed E-state index contributed by atoms with van der Waals surface area (Å²) >= 11 is 7.47. The third kappa shape index (κ3) is 3.58. The van der Waals surface area contributed by atoms with E-state index in [0.717, 1.165) is 5.56 Å². The molecule has 2 aromatic rings. The van der Waals surface area contributed by atoms with Crippen LogP contribution in [-0.4, -0.2) is 15.0 Å². The number of sulfonamides is 1. The number of nitriles is 1. The van der Waals surface area contributed by atoms with Crippen molar-refractivity contribution in [1.29, 1.82) is 5.26 Å². The van der Waals surface area contributed by atoms with E-state index in [1.807, 2.05) is 22.9 Å². The Labute approximate surface area is 126 Å². The molecule has 0 unspecified atom stereocenters. The largest absolute Gasteiger partial charge is 0.242 e. The minimum absolute atomic E-state index is 0.0107. The molecule has 0 atom stereocenters. The fraction of sp³-hybridized carbons (Fsp3) is 0.154. The van der Waals surface area contributed by atoms with Crippen molar-refractivity contribution < 1.29 is 8.42 Å². The summed E-state index contributed by atoms with van der Waals surface area (Å²) in [4.78, 5) is -0.0107. The maximum Gasteiger partial charge on any atom is 0.242 e. The van der Waals surface area contributed by atoms with Gasteiger partial charge in [0.15, 0.2) is 0 Å². The van der Waals surface area contributed by atoms with Crippen LogP contribution in [0.1, 0.15) is 11.1 Å². The molecule has 0 aliphatic heterocycles. The highest BCUT2D eigenvalue weighted by molar-refractivity contribution is 7.89. The van der Waals surface area contributed by atoms with Crippen LogP contribution in [0.4, 0.5) is 0 Å². The molecule has 7 heteroatoms. The Bertz CT molecular complexity index is 734.